The van der Waals surface area contributed by atoms with Crippen molar-refractivity contribution in [2.75, 3.05) is 13.2 Å². The van der Waals surface area contributed by atoms with E-state index < -0.39 is 74.4 Å². The van der Waals surface area contributed by atoms with Gasteiger partial charge in [0.05, 0.1) is 25.4 Å². The molecule has 11 heteroatoms. The van der Waals surface area contributed by atoms with Crippen LogP contribution in [0.4, 0.5) is 0 Å². The third-order valence-corrected chi connectivity index (χ3v) is 4.29. The van der Waals surface area contributed by atoms with E-state index in [-0.39, 0.29) is 6.42 Å². The van der Waals surface area contributed by atoms with Gasteiger partial charge in [0, 0.05) is 13.3 Å². The number of hydrogen-bond acceptors (Lipinski definition) is 10. The van der Waals surface area contributed by atoms with Crippen LogP contribution in [0.2, 0.25) is 0 Å². The molecule has 2 rings (SSSR count). The molecule has 1 unspecified atom stereocenters. The van der Waals surface area contributed by atoms with Gasteiger partial charge >= 0.3 is 0 Å². The predicted octanol–water partition coefficient (Wildman–Crippen LogP) is -4.22. The van der Waals surface area contributed by atoms with Crippen LogP contribution in [0.25, 0.3) is 0 Å². The maximum atomic E-state index is 11.2. The minimum absolute atomic E-state index is 0.0427. The first kappa shape index (κ1) is 20.4. The molecule has 7 N–H and O–H groups in total. The molecule has 0 aromatic heterocycles. The molecule has 2 aliphatic heterocycles. The number of ether oxygens (including phenoxy) is 3. The molecule has 0 bridgehead atoms. The standard InChI is InChI=1S/C14H25NO10/c1-5(18)15-6-2-7(8(3-16)23-13(6)22)24-14-12(21)11(20)10(19)9(4-17)25-14/h6-14,16-17,19-22H,2-4H2,1H3,(H,15,18)/t6-,7+,8-,9-,10+,11+,12-,13?,14-/m1/s1. The van der Waals surface area contributed by atoms with Crippen LogP contribution in [0, 0.1) is 0 Å². The smallest absolute Gasteiger partial charge is 0.217 e. The molecule has 1 amide bonds. The van der Waals surface area contributed by atoms with Gasteiger partial charge in [-0.1, -0.05) is 0 Å². The van der Waals surface area contributed by atoms with Crippen LogP contribution in [0.15, 0.2) is 0 Å². The van der Waals surface area contributed by atoms with E-state index in [1.54, 1.807) is 0 Å². The average Bonchev–Trinajstić information content (AvgIpc) is 2.57. The van der Waals surface area contributed by atoms with E-state index in [1.165, 1.54) is 6.92 Å². The van der Waals surface area contributed by atoms with E-state index in [9.17, 15) is 35.4 Å². The van der Waals surface area contributed by atoms with E-state index >= 15 is 0 Å². The molecule has 0 radical (unpaired) electrons. The van der Waals surface area contributed by atoms with Gasteiger partial charge < -0.3 is 50.2 Å². The summed E-state index contributed by atoms with van der Waals surface area (Å²) in [6.07, 6.45) is -10.5. The molecule has 2 fully saturated rings. The van der Waals surface area contributed by atoms with Gasteiger partial charge in [-0.25, -0.2) is 0 Å². The van der Waals surface area contributed by atoms with E-state index in [0.717, 1.165) is 0 Å². The summed E-state index contributed by atoms with van der Waals surface area (Å²) in [6, 6.07) is -0.810. The Hall–Kier alpha value is -0.890. The summed E-state index contributed by atoms with van der Waals surface area (Å²) in [6.45, 7) is 0.146. The minimum Gasteiger partial charge on any atom is -0.394 e. The van der Waals surface area contributed by atoms with Crippen molar-refractivity contribution < 1.29 is 49.6 Å². The highest BCUT2D eigenvalue weighted by Gasteiger charge is 2.47. The fourth-order valence-electron chi connectivity index (χ4n) is 2.93. The number of carbonyl (C=O) groups excluding carboxylic acids is 1. The molecular formula is C14H25NO10. The van der Waals surface area contributed by atoms with Gasteiger partial charge in [-0.2, -0.15) is 0 Å². The fourth-order valence-corrected chi connectivity index (χ4v) is 2.93. The number of hydrogen-bond donors (Lipinski definition) is 7. The molecule has 0 spiro atoms. The van der Waals surface area contributed by atoms with Crippen molar-refractivity contribution in [2.45, 2.75) is 68.6 Å². The normalized spacial score (nSPS) is 45.2. The van der Waals surface area contributed by atoms with Crippen molar-refractivity contribution >= 4 is 5.91 Å². The molecule has 0 aromatic rings. The van der Waals surface area contributed by atoms with Gasteiger partial charge in [0.2, 0.25) is 5.91 Å². The van der Waals surface area contributed by atoms with E-state index in [4.69, 9.17) is 14.2 Å². The van der Waals surface area contributed by atoms with Gasteiger partial charge in [-0.05, 0) is 0 Å². The van der Waals surface area contributed by atoms with Crippen molar-refractivity contribution in [2.24, 2.45) is 0 Å². The Morgan fingerprint density at radius 2 is 1.68 bits per heavy atom. The lowest BCUT2D eigenvalue weighted by Gasteiger charge is -2.44. The molecule has 2 heterocycles. The van der Waals surface area contributed by atoms with Gasteiger partial charge in [0.15, 0.2) is 12.6 Å². The lowest BCUT2D eigenvalue weighted by atomic mass is 9.98. The Balaban J connectivity index is 2.08. The number of rotatable bonds is 5. The SMILES string of the molecule is CC(=O)N[C@@H]1C[C@H](O[C@@H]2O[C@H](CO)[C@H](O)[C@H](O)[C@H]2O)[C@@H](CO)OC1O. The van der Waals surface area contributed by atoms with E-state index in [0.29, 0.717) is 0 Å². The third-order valence-electron chi connectivity index (χ3n) is 4.29. The second-order valence-corrected chi connectivity index (χ2v) is 6.16. The number of aliphatic hydroxyl groups excluding tert-OH is 6. The summed E-state index contributed by atoms with van der Waals surface area (Å²) in [5.41, 5.74) is 0. The fraction of sp³-hybridized carbons (Fsp3) is 0.929. The Kier molecular flexibility index (Phi) is 7.08. The van der Waals surface area contributed by atoms with Crippen molar-refractivity contribution in [3.63, 3.8) is 0 Å². The molecule has 0 aromatic carbocycles. The minimum atomic E-state index is -1.61. The van der Waals surface area contributed by atoms with E-state index in [2.05, 4.69) is 5.32 Å². The first-order valence-electron chi connectivity index (χ1n) is 7.96. The van der Waals surface area contributed by atoms with Crippen LogP contribution >= 0.6 is 0 Å². The summed E-state index contributed by atoms with van der Waals surface area (Å²) < 4.78 is 16.0. The maximum absolute atomic E-state index is 11.2. The van der Waals surface area contributed by atoms with Crippen LogP contribution in [0.5, 0.6) is 0 Å². The second-order valence-electron chi connectivity index (χ2n) is 6.16. The molecule has 0 saturated carbocycles. The van der Waals surface area contributed by atoms with Crippen molar-refractivity contribution in [3.8, 4) is 0 Å². The lowest BCUT2D eigenvalue weighted by molar-refractivity contribution is -0.332. The van der Waals surface area contributed by atoms with Crippen LogP contribution in [0.1, 0.15) is 13.3 Å². The van der Waals surface area contributed by atoms with E-state index in [1.807, 2.05) is 0 Å². The zero-order valence-electron chi connectivity index (χ0n) is 13.6. The molecule has 2 aliphatic rings. The van der Waals surface area contributed by atoms with Crippen molar-refractivity contribution in [1.82, 2.24) is 5.32 Å². The average molecular weight is 367 g/mol. The number of nitrogens with one attached hydrogen (secondary N) is 1. The molecule has 2 saturated heterocycles. The largest absolute Gasteiger partial charge is 0.394 e. The molecular weight excluding hydrogens is 342 g/mol. The Labute approximate surface area is 143 Å². The zero-order chi connectivity index (χ0) is 18.7. The van der Waals surface area contributed by atoms with Crippen LogP contribution in [0.3, 0.4) is 0 Å². The highest BCUT2D eigenvalue weighted by atomic mass is 16.7. The van der Waals surface area contributed by atoms with Gasteiger partial charge in [0.1, 0.15) is 30.5 Å². The zero-order valence-corrected chi connectivity index (χ0v) is 13.6. The van der Waals surface area contributed by atoms with Gasteiger partial charge in [-0.3, -0.25) is 4.79 Å². The number of aliphatic hydroxyl groups is 6. The number of carbonyl (C=O) groups is 1. The first-order chi connectivity index (χ1) is 11.8. The maximum Gasteiger partial charge on any atom is 0.217 e. The monoisotopic (exact) mass is 367 g/mol. The van der Waals surface area contributed by atoms with Gasteiger partial charge in [0.25, 0.3) is 0 Å². The molecule has 25 heavy (non-hydrogen) atoms. The van der Waals surface area contributed by atoms with Crippen molar-refractivity contribution in [1.29, 1.82) is 0 Å². The Morgan fingerprint density at radius 1 is 1.04 bits per heavy atom. The van der Waals surface area contributed by atoms with Crippen LogP contribution in [-0.2, 0) is 19.0 Å². The summed E-state index contributed by atoms with van der Waals surface area (Å²) in [7, 11) is 0. The topological polar surface area (TPSA) is 178 Å². The summed E-state index contributed by atoms with van der Waals surface area (Å²) in [4.78, 5) is 11.2. The van der Waals surface area contributed by atoms with Crippen LogP contribution < -0.4 is 5.32 Å². The Bertz CT molecular complexity index is 449. The summed E-state index contributed by atoms with van der Waals surface area (Å²) in [5, 5.41) is 60.5. The quantitative estimate of drug-likeness (QED) is 0.252. The molecule has 0 aliphatic carbocycles. The lowest BCUT2D eigenvalue weighted by Crippen LogP contribution is -2.62. The highest BCUT2D eigenvalue weighted by Crippen LogP contribution is 2.28. The van der Waals surface area contributed by atoms with Crippen LogP contribution in [-0.4, -0.2) is 105 Å². The Morgan fingerprint density at radius 3 is 2.24 bits per heavy atom. The number of amides is 1. The first-order valence-corrected chi connectivity index (χ1v) is 7.96. The molecule has 9 atom stereocenters. The molecule has 146 valence electrons. The summed E-state index contributed by atoms with van der Waals surface area (Å²) in [5.74, 6) is -0.401. The van der Waals surface area contributed by atoms with Gasteiger partial charge in [-0.15, -0.1) is 0 Å². The van der Waals surface area contributed by atoms with Crippen molar-refractivity contribution in [3.05, 3.63) is 0 Å². The second kappa shape index (κ2) is 8.66. The molecule has 11 nitrogen and oxygen atoms in total. The summed E-state index contributed by atoms with van der Waals surface area (Å²) >= 11 is 0. The highest BCUT2D eigenvalue weighted by molar-refractivity contribution is 5.73. The third kappa shape index (κ3) is 4.64. The predicted molar refractivity (Wildman–Crippen MR) is 78.8 cm³/mol.